The van der Waals surface area contributed by atoms with Gasteiger partial charge in [-0.2, -0.15) is 0 Å². The average molecular weight is 510 g/mol. The van der Waals surface area contributed by atoms with Crippen molar-refractivity contribution in [1.29, 1.82) is 0 Å². The van der Waals surface area contributed by atoms with Gasteiger partial charge in [0.2, 0.25) is 0 Å². The molecule has 1 unspecified atom stereocenters. The van der Waals surface area contributed by atoms with E-state index in [-0.39, 0.29) is 6.54 Å². The van der Waals surface area contributed by atoms with E-state index in [1.54, 1.807) is 26.1 Å². The quantitative estimate of drug-likeness (QED) is 0.413. The third-order valence-corrected chi connectivity index (χ3v) is 7.26. The second-order valence-corrected chi connectivity index (χ2v) is 10.4. The molecule has 2 N–H and O–H groups in total. The van der Waals surface area contributed by atoms with Crippen molar-refractivity contribution in [3.05, 3.63) is 64.7 Å². The third-order valence-electron chi connectivity index (χ3n) is 7.26. The van der Waals surface area contributed by atoms with E-state index in [2.05, 4.69) is 11.9 Å². The van der Waals surface area contributed by atoms with Crippen molar-refractivity contribution in [3.8, 4) is 11.3 Å². The molecule has 0 bridgehead atoms. The molecule has 37 heavy (non-hydrogen) atoms. The summed E-state index contributed by atoms with van der Waals surface area (Å²) in [5, 5.41) is 0. The number of pyridine rings is 1. The average Bonchev–Trinajstić information content (AvgIpc) is 3.26. The number of halogens is 2. The molecule has 6 nitrogen and oxygen atoms in total. The minimum Gasteiger partial charge on any atom is -0.365 e. The molecule has 0 aliphatic carbocycles. The second kappa shape index (κ2) is 10.6. The first-order valence-electron chi connectivity index (χ1n) is 13.1. The predicted octanol–water partition coefficient (Wildman–Crippen LogP) is 5.86. The zero-order chi connectivity index (χ0) is 26.9. The van der Waals surface area contributed by atoms with Gasteiger partial charge < -0.3 is 15.2 Å². The number of carbonyl (C=O) groups is 1. The van der Waals surface area contributed by atoms with Gasteiger partial charge in [0.05, 0.1) is 23.7 Å². The van der Waals surface area contributed by atoms with Crippen LogP contribution in [0.3, 0.4) is 0 Å². The number of alkyl halides is 2. The van der Waals surface area contributed by atoms with Gasteiger partial charge in [-0.3, -0.25) is 4.79 Å². The van der Waals surface area contributed by atoms with Gasteiger partial charge in [-0.15, -0.1) is 0 Å². The molecule has 0 saturated carbocycles. The number of amides is 1. The van der Waals surface area contributed by atoms with Crippen LogP contribution < -0.4 is 10.6 Å². The molecule has 3 aromatic rings. The van der Waals surface area contributed by atoms with Crippen molar-refractivity contribution < 1.29 is 13.6 Å². The van der Waals surface area contributed by atoms with Gasteiger partial charge in [0.15, 0.2) is 0 Å². The molecule has 1 aromatic carbocycles. The Kier molecular flexibility index (Phi) is 7.67. The zero-order valence-electron chi connectivity index (χ0n) is 22.4. The highest BCUT2D eigenvalue weighted by atomic mass is 19.1. The Morgan fingerprint density at radius 2 is 2.00 bits per heavy atom. The molecule has 0 radical (unpaired) electrons. The van der Waals surface area contributed by atoms with Crippen LogP contribution in [-0.4, -0.2) is 39.7 Å². The summed E-state index contributed by atoms with van der Waals surface area (Å²) in [7, 11) is 0. The lowest BCUT2D eigenvalue weighted by atomic mass is 9.92. The fourth-order valence-corrected chi connectivity index (χ4v) is 5.39. The van der Waals surface area contributed by atoms with E-state index in [1.807, 2.05) is 47.7 Å². The standard InChI is InChI=1S/C29H37F2N5O/c1-6-13-35-17-24(20-9-8-18(3)22(15-20)29(4,5)31)34-27(35)21-11-14-36(16-23(21)30)28-25(26(32)37)19(7-2)10-12-33-28/h8-10,12,15,17,21,23H,6-7,11,13-14,16H2,1-5H3,(H2,32,37)/t21-,23?/m0/s1. The number of carbonyl (C=O) groups excluding carboxylic acids is 1. The molecule has 198 valence electrons. The number of nitrogens with two attached hydrogens (primary N) is 1. The first-order valence-corrected chi connectivity index (χ1v) is 13.1. The van der Waals surface area contributed by atoms with Crippen LogP contribution in [0.25, 0.3) is 11.3 Å². The van der Waals surface area contributed by atoms with E-state index in [4.69, 9.17) is 10.7 Å². The lowest BCUT2D eigenvalue weighted by Crippen LogP contribution is -2.43. The molecular formula is C29H37F2N5O. The van der Waals surface area contributed by atoms with Crippen LogP contribution in [0.1, 0.15) is 79.3 Å². The summed E-state index contributed by atoms with van der Waals surface area (Å²) in [6.07, 6.45) is 4.44. The Morgan fingerprint density at radius 3 is 2.62 bits per heavy atom. The number of nitrogens with zero attached hydrogens (tertiary/aromatic N) is 4. The molecule has 1 fully saturated rings. The highest BCUT2D eigenvalue weighted by Crippen LogP contribution is 2.36. The van der Waals surface area contributed by atoms with Crippen LogP contribution in [0.15, 0.2) is 36.7 Å². The monoisotopic (exact) mass is 509 g/mol. The lowest BCUT2D eigenvalue weighted by Gasteiger charge is -2.36. The fourth-order valence-electron chi connectivity index (χ4n) is 5.39. The van der Waals surface area contributed by atoms with Gasteiger partial charge in [0, 0.05) is 31.0 Å². The summed E-state index contributed by atoms with van der Waals surface area (Å²) in [6, 6.07) is 7.49. The van der Waals surface area contributed by atoms with E-state index < -0.39 is 23.7 Å². The van der Waals surface area contributed by atoms with E-state index in [1.165, 1.54) is 0 Å². The van der Waals surface area contributed by atoms with Crippen molar-refractivity contribution in [2.45, 2.75) is 78.2 Å². The summed E-state index contributed by atoms with van der Waals surface area (Å²) < 4.78 is 32.7. The van der Waals surface area contributed by atoms with E-state index >= 15 is 4.39 Å². The van der Waals surface area contributed by atoms with Crippen LogP contribution in [0.4, 0.5) is 14.6 Å². The summed E-state index contributed by atoms with van der Waals surface area (Å²) in [4.78, 5) is 23.3. The molecule has 2 atom stereocenters. The number of anilines is 1. The Balaban J connectivity index is 1.64. The SMILES string of the molecule is CCCn1cc(-c2ccc(C)c(C(C)(C)F)c2)nc1[C@H]1CCN(c2nccc(CC)c2C(N)=O)CC1F. The smallest absolute Gasteiger partial charge is 0.252 e. The highest BCUT2D eigenvalue weighted by molar-refractivity contribution is 5.99. The number of rotatable bonds is 8. The Labute approximate surface area is 217 Å². The van der Waals surface area contributed by atoms with Crippen molar-refractivity contribution in [3.63, 3.8) is 0 Å². The molecule has 1 saturated heterocycles. The minimum atomic E-state index is -1.47. The number of aryl methyl sites for hydroxylation is 3. The molecule has 8 heteroatoms. The zero-order valence-corrected chi connectivity index (χ0v) is 22.4. The normalized spacial score (nSPS) is 18.3. The number of hydrogen-bond acceptors (Lipinski definition) is 4. The van der Waals surface area contributed by atoms with Gasteiger partial charge in [0.25, 0.3) is 5.91 Å². The number of hydrogen-bond donors (Lipinski definition) is 1. The molecule has 1 aliphatic heterocycles. The van der Waals surface area contributed by atoms with Crippen molar-refractivity contribution in [1.82, 2.24) is 14.5 Å². The third kappa shape index (κ3) is 5.38. The number of benzene rings is 1. The van der Waals surface area contributed by atoms with Crippen molar-refractivity contribution >= 4 is 11.7 Å². The summed E-state index contributed by atoms with van der Waals surface area (Å²) in [5.74, 6) is 0.211. The van der Waals surface area contributed by atoms with Gasteiger partial charge >= 0.3 is 0 Å². The number of piperidine rings is 1. The Bertz CT molecular complexity index is 1280. The molecular weight excluding hydrogens is 472 g/mol. The fraction of sp³-hybridized carbons (Fsp3) is 0.483. The highest BCUT2D eigenvalue weighted by Gasteiger charge is 2.35. The maximum atomic E-state index is 15.8. The first-order chi connectivity index (χ1) is 17.5. The summed E-state index contributed by atoms with van der Waals surface area (Å²) >= 11 is 0. The molecule has 3 heterocycles. The summed E-state index contributed by atoms with van der Waals surface area (Å²) in [6.45, 7) is 10.4. The van der Waals surface area contributed by atoms with Crippen molar-refractivity contribution in [2.75, 3.05) is 18.0 Å². The molecule has 1 amide bonds. The molecule has 0 spiro atoms. The van der Waals surface area contributed by atoms with Crippen LogP contribution in [0.2, 0.25) is 0 Å². The van der Waals surface area contributed by atoms with Crippen LogP contribution >= 0.6 is 0 Å². The van der Waals surface area contributed by atoms with Crippen LogP contribution in [0.5, 0.6) is 0 Å². The van der Waals surface area contributed by atoms with Gasteiger partial charge in [0.1, 0.15) is 23.5 Å². The van der Waals surface area contributed by atoms with E-state index in [0.717, 1.165) is 28.8 Å². The minimum absolute atomic E-state index is 0.101. The molecule has 2 aromatic heterocycles. The number of primary amides is 1. The van der Waals surface area contributed by atoms with E-state index in [9.17, 15) is 9.18 Å². The number of imidazole rings is 1. The summed E-state index contributed by atoms with van der Waals surface area (Å²) in [5.41, 5.74) is 8.43. The maximum Gasteiger partial charge on any atom is 0.252 e. The van der Waals surface area contributed by atoms with Gasteiger partial charge in [-0.05, 0) is 68.9 Å². The Morgan fingerprint density at radius 1 is 1.24 bits per heavy atom. The number of aromatic nitrogens is 3. The Hall–Kier alpha value is -3.29. The topological polar surface area (TPSA) is 77.0 Å². The first kappa shape index (κ1) is 26.8. The molecule has 1 aliphatic rings. The van der Waals surface area contributed by atoms with Crippen LogP contribution in [-0.2, 0) is 18.6 Å². The van der Waals surface area contributed by atoms with Gasteiger partial charge in [-0.1, -0.05) is 26.0 Å². The van der Waals surface area contributed by atoms with Crippen molar-refractivity contribution in [2.24, 2.45) is 5.73 Å². The molecule has 4 rings (SSSR count). The van der Waals surface area contributed by atoms with Gasteiger partial charge in [-0.25, -0.2) is 18.7 Å². The maximum absolute atomic E-state index is 15.8. The predicted molar refractivity (Wildman–Crippen MR) is 143 cm³/mol. The largest absolute Gasteiger partial charge is 0.365 e. The van der Waals surface area contributed by atoms with E-state index in [0.29, 0.717) is 48.7 Å². The second-order valence-electron chi connectivity index (χ2n) is 10.4. The van der Waals surface area contributed by atoms with Crippen LogP contribution in [0, 0.1) is 6.92 Å². The lowest BCUT2D eigenvalue weighted by molar-refractivity contribution is 0.0999.